The number of nitrogens with zero attached hydrogens (tertiary/aromatic N) is 1. The highest BCUT2D eigenvalue weighted by molar-refractivity contribution is 5.58. The average molecular weight is 272 g/mol. The molecule has 4 heteroatoms. The van der Waals surface area contributed by atoms with Gasteiger partial charge in [-0.25, -0.2) is 4.98 Å². The van der Waals surface area contributed by atoms with Crippen LogP contribution in [0.1, 0.15) is 32.1 Å². The number of aromatic nitrogens is 1. The largest absolute Gasteiger partial charge is 0.494 e. The van der Waals surface area contributed by atoms with Gasteiger partial charge in [0.15, 0.2) is 5.76 Å². The van der Waals surface area contributed by atoms with E-state index in [1.807, 2.05) is 24.3 Å². The summed E-state index contributed by atoms with van der Waals surface area (Å²) in [5, 5.41) is 3.40. The maximum absolute atomic E-state index is 5.78. The molecule has 20 heavy (non-hydrogen) atoms. The summed E-state index contributed by atoms with van der Waals surface area (Å²) in [5.41, 5.74) is 1.00. The number of hydrogen-bond donors (Lipinski definition) is 1. The first kappa shape index (κ1) is 13.2. The fourth-order valence-electron chi connectivity index (χ4n) is 2.00. The average Bonchev–Trinajstić information content (AvgIpc) is 3.20. The lowest BCUT2D eigenvalue weighted by Gasteiger charge is -2.05. The molecule has 1 aliphatic rings. The molecular formula is C16H20N2O2. The monoisotopic (exact) mass is 272 g/mol. The van der Waals surface area contributed by atoms with Gasteiger partial charge in [-0.15, -0.1) is 0 Å². The van der Waals surface area contributed by atoms with Crippen molar-refractivity contribution < 1.29 is 9.15 Å². The second kappa shape index (κ2) is 6.09. The summed E-state index contributed by atoms with van der Waals surface area (Å²) in [6, 6.07) is 8.61. The molecular weight excluding hydrogens is 252 g/mol. The van der Waals surface area contributed by atoms with Crippen LogP contribution in [0, 0.1) is 0 Å². The second-order valence-corrected chi connectivity index (χ2v) is 5.15. The van der Waals surface area contributed by atoms with Crippen molar-refractivity contribution in [2.75, 3.05) is 6.61 Å². The van der Waals surface area contributed by atoms with Gasteiger partial charge in [-0.2, -0.15) is 0 Å². The molecule has 4 nitrogen and oxygen atoms in total. The molecule has 1 fully saturated rings. The number of oxazole rings is 1. The zero-order chi connectivity index (χ0) is 13.8. The Kier molecular flexibility index (Phi) is 4.02. The van der Waals surface area contributed by atoms with Crippen molar-refractivity contribution in [2.45, 2.75) is 38.8 Å². The Hall–Kier alpha value is -1.81. The summed E-state index contributed by atoms with van der Waals surface area (Å²) in [6.45, 7) is 3.53. The SMILES string of the molecule is CCCOc1cccc(-c2cnc(CNC3CC3)o2)c1. The van der Waals surface area contributed by atoms with E-state index in [0.717, 1.165) is 36.0 Å². The van der Waals surface area contributed by atoms with Crippen LogP contribution in [0.2, 0.25) is 0 Å². The lowest BCUT2D eigenvalue weighted by atomic mass is 10.2. The molecule has 1 saturated carbocycles. The van der Waals surface area contributed by atoms with Gasteiger partial charge in [0.05, 0.1) is 19.3 Å². The molecule has 1 aliphatic carbocycles. The molecule has 2 aromatic rings. The van der Waals surface area contributed by atoms with Crippen LogP contribution >= 0.6 is 0 Å². The Labute approximate surface area is 119 Å². The zero-order valence-corrected chi connectivity index (χ0v) is 11.8. The van der Waals surface area contributed by atoms with E-state index in [1.54, 1.807) is 6.20 Å². The normalized spacial score (nSPS) is 14.4. The number of ether oxygens (including phenoxy) is 1. The van der Waals surface area contributed by atoms with Gasteiger partial charge in [0.25, 0.3) is 0 Å². The Morgan fingerprint density at radius 3 is 3.10 bits per heavy atom. The Bertz CT molecular complexity index is 561. The lowest BCUT2D eigenvalue weighted by molar-refractivity contribution is 0.317. The van der Waals surface area contributed by atoms with Gasteiger partial charge < -0.3 is 14.5 Å². The van der Waals surface area contributed by atoms with E-state index in [0.29, 0.717) is 12.6 Å². The molecule has 0 saturated heterocycles. The first-order chi connectivity index (χ1) is 9.85. The van der Waals surface area contributed by atoms with Gasteiger partial charge in [0, 0.05) is 11.6 Å². The van der Waals surface area contributed by atoms with E-state index in [-0.39, 0.29) is 0 Å². The molecule has 1 heterocycles. The first-order valence-corrected chi connectivity index (χ1v) is 7.26. The highest BCUT2D eigenvalue weighted by Gasteiger charge is 2.21. The molecule has 0 amide bonds. The van der Waals surface area contributed by atoms with Crippen LogP contribution in [0.15, 0.2) is 34.9 Å². The predicted molar refractivity (Wildman–Crippen MR) is 77.6 cm³/mol. The number of benzene rings is 1. The molecule has 0 aliphatic heterocycles. The molecule has 0 spiro atoms. The van der Waals surface area contributed by atoms with Gasteiger partial charge in [-0.1, -0.05) is 19.1 Å². The van der Waals surface area contributed by atoms with Crippen LogP contribution in [-0.4, -0.2) is 17.6 Å². The molecule has 0 atom stereocenters. The Morgan fingerprint density at radius 2 is 2.30 bits per heavy atom. The standard InChI is InChI=1S/C16H20N2O2/c1-2-8-19-14-5-3-4-12(9-14)15-10-18-16(20-15)11-17-13-6-7-13/h3-5,9-10,13,17H,2,6-8,11H2,1H3. The minimum absolute atomic E-state index is 0.663. The van der Waals surface area contributed by atoms with E-state index in [2.05, 4.69) is 17.2 Å². The zero-order valence-electron chi connectivity index (χ0n) is 11.8. The van der Waals surface area contributed by atoms with Crippen molar-refractivity contribution in [3.63, 3.8) is 0 Å². The van der Waals surface area contributed by atoms with Crippen LogP contribution in [0.3, 0.4) is 0 Å². The van der Waals surface area contributed by atoms with Crippen LogP contribution in [0.4, 0.5) is 0 Å². The highest BCUT2D eigenvalue weighted by Crippen LogP contribution is 2.25. The Morgan fingerprint density at radius 1 is 1.40 bits per heavy atom. The molecule has 106 valence electrons. The number of rotatable bonds is 7. The third-order valence-electron chi connectivity index (χ3n) is 3.26. The van der Waals surface area contributed by atoms with Crippen molar-refractivity contribution in [2.24, 2.45) is 0 Å². The fraction of sp³-hybridized carbons (Fsp3) is 0.438. The van der Waals surface area contributed by atoms with Gasteiger partial charge in [-0.05, 0) is 31.4 Å². The minimum atomic E-state index is 0.663. The lowest BCUT2D eigenvalue weighted by Crippen LogP contribution is -2.15. The van der Waals surface area contributed by atoms with E-state index < -0.39 is 0 Å². The van der Waals surface area contributed by atoms with Crippen molar-refractivity contribution in [3.8, 4) is 17.1 Å². The Balaban J connectivity index is 1.67. The van der Waals surface area contributed by atoms with Crippen LogP contribution in [0.5, 0.6) is 5.75 Å². The molecule has 0 bridgehead atoms. The van der Waals surface area contributed by atoms with Gasteiger partial charge in [0.2, 0.25) is 5.89 Å². The topological polar surface area (TPSA) is 47.3 Å². The van der Waals surface area contributed by atoms with E-state index in [9.17, 15) is 0 Å². The molecule has 1 N–H and O–H groups in total. The van der Waals surface area contributed by atoms with Crippen molar-refractivity contribution >= 4 is 0 Å². The maximum atomic E-state index is 5.78. The second-order valence-electron chi connectivity index (χ2n) is 5.15. The minimum Gasteiger partial charge on any atom is -0.494 e. The summed E-state index contributed by atoms with van der Waals surface area (Å²) in [5.74, 6) is 2.41. The third kappa shape index (κ3) is 3.39. The third-order valence-corrected chi connectivity index (χ3v) is 3.26. The highest BCUT2D eigenvalue weighted by atomic mass is 16.5. The summed E-state index contributed by atoms with van der Waals surface area (Å²) in [6.07, 6.45) is 5.32. The smallest absolute Gasteiger partial charge is 0.208 e. The number of hydrogen-bond acceptors (Lipinski definition) is 4. The first-order valence-electron chi connectivity index (χ1n) is 7.26. The van der Waals surface area contributed by atoms with E-state index >= 15 is 0 Å². The number of nitrogens with one attached hydrogen (secondary N) is 1. The predicted octanol–water partition coefficient (Wildman–Crippen LogP) is 3.38. The van der Waals surface area contributed by atoms with Crippen molar-refractivity contribution in [1.29, 1.82) is 0 Å². The van der Waals surface area contributed by atoms with Gasteiger partial charge in [-0.3, -0.25) is 0 Å². The molecule has 3 rings (SSSR count). The van der Waals surface area contributed by atoms with E-state index in [4.69, 9.17) is 9.15 Å². The maximum Gasteiger partial charge on any atom is 0.208 e. The van der Waals surface area contributed by atoms with E-state index in [1.165, 1.54) is 12.8 Å². The van der Waals surface area contributed by atoms with Crippen LogP contribution in [0.25, 0.3) is 11.3 Å². The van der Waals surface area contributed by atoms with Gasteiger partial charge in [0.1, 0.15) is 5.75 Å². The van der Waals surface area contributed by atoms with Crippen LogP contribution < -0.4 is 10.1 Å². The van der Waals surface area contributed by atoms with Gasteiger partial charge >= 0.3 is 0 Å². The molecule has 0 unspecified atom stereocenters. The van der Waals surface area contributed by atoms with Crippen molar-refractivity contribution in [1.82, 2.24) is 10.3 Å². The molecule has 1 aromatic carbocycles. The summed E-state index contributed by atoms with van der Waals surface area (Å²) < 4.78 is 11.4. The summed E-state index contributed by atoms with van der Waals surface area (Å²) in [4.78, 5) is 4.31. The fourth-order valence-corrected chi connectivity index (χ4v) is 2.00. The van der Waals surface area contributed by atoms with Crippen LogP contribution in [-0.2, 0) is 6.54 Å². The molecule has 1 aromatic heterocycles. The summed E-state index contributed by atoms with van der Waals surface area (Å²) >= 11 is 0. The quantitative estimate of drug-likeness (QED) is 0.839. The molecule has 0 radical (unpaired) electrons. The van der Waals surface area contributed by atoms with Crippen molar-refractivity contribution in [3.05, 3.63) is 36.4 Å². The summed E-state index contributed by atoms with van der Waals surface area (Å²) in [7, 11) is 0.